The summed E-state index contributed by atoms with van der Waals surface area (Å²) in [6.45, 7) is 6.37. The number of hydrogen-bond donors (Lipinski definition) is 2. The molecule has 0 saturated heterocycles. The monoisotopic (exact) mass is 246 g/mol. The van der Waals surface area contributed by atoms with Gasteiger partial charge in [0.1, 0.15) is 0 Å². The first-order chi connectivity index (χ1) is 8.72. The van der Waals surface area contributed by atoms with Crippen molar-refractivity contribution in [3.05, 3.63) is 24.3 Å². The molecule has 0 bridgehead atoms. The van der Waals surface area contributed by atoms with Gasteiger partial charge in [-0.05, 0) is 51.0 Å². The molecular formula is C14H22N4. The second kappa shape index (κ2) is 5.76. The molecule has 1 aromatic carbocycles. The first kappa shape index (κ1) is 12.7. The zero-order valence-electron chi connectivity index (χ0n) is 11.2. The van der Waals surface area contributed by atoms with Crippen molar-refractivity contribution < 1.29 is 0 Å². The summed E-state index contributed by atoms with van der Waals surface area (Å²) < 4.78 is 0. The second-order valence-corrected chi connectivity index (χ2v) is 4.59. The van der Waals surface area contributed by atoms with Crippen molar-refractivity contribution in [1.29, 1.82) is 0 Å². The molecule has 0 unspecified atom stereocenters. The lowest BCUT2D eigenvalue weighted by atomic mass is 10.2. The van der Waals surface area contributed by atoms with E-state index in [4.69, 9.17) is 5.73 Å². The van der Waals surface area contributed by atoms with Crippen LogP contribution in [0.2, 0.25) is 0 Å². The normalized spacial score (nSPS) is 15.6. The molecule has 0 aliphatic heterocycles. The average molecular weight is 246 g/mol. The quantitative estimate of drug-likeness (QED) is 0.619. The Balaban J connectivity index is 1.98. The predicted octanol–water partition coefficient (Wildman–Crippen LogP) is 2.42. The Kier molecular flexibility index (Phi) is 4.07. The van der Waals surface area contributed by atoms with Crippen molar-refractivity contribution in [3.63, 3.8) is 0 Å². The third kappa shape index (κ3) is 3.39. The molecule has 1 aliphatic rings. The molecule has 1 fully saturated rings. The van der Waals surface area contributed by atoms with Crippen LogP contribution in [0.15, 0.2) is 29.3 Å². The van der Waals surface area contributed by atoms with Gasteiger partial charge < -0.3 is 16.0 Å². The summed E-state index contributed by atoms with van der Waals surface area (Å²) in [5, 5.41) is 3.12. The van der Waals surface area contributed by atoms with E-state index in [1.165, 1.54) is 18.5 Å². The molecule has 3 N–H and O–H groups in total. The Labute approximate surface area is 109 Å². The average Bonchev–Trinajstić information content (AvgIpc) is 3.16. The zero-order valence-corrected chi connectivity index (χ0v) is 11.2. The maximum atomic E-state index is 5.83. The second-order valence-electron chi connectivity index (χ2n) is 4.59. The summed E-state index contributed by atoms with van der Waals surface area (Å²) in [7, 11) is 0. The van der Waals surface area contributed by atoms with Crippen molar-refractivity contribution in [1.82, 2.24) is 0 Å². The minimum atomic E-state index is 0.451. The molecule has 1 aliphatic carbocycles. The van der Waals surface area contributed by atoms with Gasteiger partial charge in [-0.1, -0.05) is 0 Å². The van der Waals surface area contributed by atoms with Gasteiger partial charge in [0, 0.05) is 24.5 Å². The van der Waals surface area contributed by atoms with Crippen LogP contribution in [-0.2, 0) is 0 Å². The smallest absolute Gasteiger partial charge is 0.193 e. The number of hydrogen-bond acceptors (Lipinski definition) is 2. The van der Waals surface area contributed by atoms with E-state index in [-0.39, 0.29) is 0 Å². The Morgan fingerprint density at radius 1 is 1.28 bits per heavy atom. The highest BCUT2D eigenvalue weighted by molar-refractivity contribution is 5.92. The Hall–Kier alpha value is -1.71. The van der Waals surface area contributed by atoms with Gasteiger partial charge in [-0.15, -0.1) is 0 Å². The van der Waals surface area contributed by atoms with Crippen LogP contribution in [-0.4, -0.2) is 25.1 Å². The number of guanidine groups is 1. The van der Waals surface area contributed by atoms with Gasteiger partial charge in [0.05, 0.1) is 6.04 Å². The number of nitrogens with one attached hydrogen (secondary N) is 1. The highest BCUT2D eigenvalue weighted by Crippen LogP contribution is 2.23. The number of aliphatic imine (C=N–C) groups is 1. The topological polar surface area (TPSA) is 53.6 Å². The number of benzene rings is 1. The number of anilines is 2. The molecule has 1 saturated carbocycles. The summed E-state index contributed by atoms with van der Waals surface area (Å²) in [6.07, 6.45) is 2.34. The molecular weight excluding hydrogens is 224 g/mol. The summed E-state index contributed by atoms with van der Waals surface area (Å²) in [6, 6.07) is 8.76. The largest absolute Gasteiger partial charge is 0.372 e. The maximum Gasteiger partial charge on any atom is 0.193 e. The van der Waals surface area contributed by atoms with Crippen LogP contribution >= 0.6 is 0 Å². The van der Waals surface area contributed by atoms with E-state index >= 15 is 0 Å². The van der Waals surface area contributed by atoms with Crippen LogP contribution in [0.5, 0.6) is 0 Å². The molecule has 4 heteroatoms. The van der Waals surface area contributed by atoms with E-state index in [1.54, 1.807) is 0 Å². The van der Waals surface area contributed by atoms with E-state index in [0.717, 1.165) is 18.8 Å². The van der Waals surface area contributed by atoms with E-state index < -0.39 is 0 Å². The number of nitrogens with zero attached hydrogens (tertiary/aromatic N) is 2. The lowest BCUT2D eigenvalue weighted by Gasteiger charge is -2.21. The number of rotatable bonds is 5. The molecule has 0 heterocycles. The van der Waals surface area contributed by atoms with Gasteiger partial charge in [0.2, 0.25) is 0 Å². The van der Waals surface area contributed by atoms with Crippen LogP contribution < -0.4 is 16.0 Å². The molecule has 0 radical (unpaired) electrons. The molecule has 18 heavy (non-hydrogen) atoms. The zero-order chi connectivity index (χ0) is 13.0. The molecule has 0 atom stereocenters. The SMILES string of the molecule is CCN(CC)c1ccc(NC(N)=NC2CC2)cc1. The van der Waals surface area contributed by atoms with Gasteiger partial charge >= 0.3 is 0 Å². The number of nitrogens with two attached hydrogens (primary N) is 1. The van der Waals surface area contributed by atoms with Crippen molar-refractivity contribution in [2.45, 2.75) is 32.7 Å². The van der Waals surface area contributed by atoms with Crippen LogP contribution in [0.25, 0.3) is 0 Å². The lowest BCUT2D eigenvalue weighted by molar-refractivity contribution is 0.866. The van der Waals surface area contributed by atoms with Crippen molar-refractivity contribution in [2.75, 3.05) is 23.3 Å². The Morgan fingerprint density at radius 2 is 1.89 bits per heavy atom. The lowest BCUT2D eigenvalue weighted by Crippen LogP contribution is -2.23. The van der Waals surface area contributed by atoms with Gasteiger partial charge in [-0.25, -0.2) is 4.99 Å². The highest BCUT2D eigenvalue weighted by atomic mass is 15.1. The van der Waals surface area contributed by atoms with Crippen LogP contribution in [0.3, 0.4) is 0 Å². The first-order valence-electron chi connectivity index (χ1n) is 6.68. The summed E-state index contributed by atoms with van der Waals surface area (Å²) in [4.78, 5) is 6.66. The summed E-state index contributed by atoms with van der Waals surface area (Å²) in [5.41, 5.74) is 8.06. The molecule has 2 rings (SSSR count). The Morgan fingerprint density at radius 3 is 2.39 bits per heavy atom. The van der Waals surface area contributed by atoms with Gasteiger partial charge in [-0.3, -0.25) is 0 Å². The van der Waals surface area contributed by atoms with Crippen LogP contribution in [0, 0.1) is 0 Å². The van der Waals surface area contributed by atoms with Crippen molar-refractivity contribution in [2.24, 2.45) is 10.7 Å². The molecule has 0 spiro atoms. The fourth-order valence-corrected chi connectivity index (χ4v) is 1.92. The predicted molar refractivity (Wildman–Crippen MR) is 78.3 cm³/mol. The van der Waals surface area contributed by atoms with Crippen LogP contribution in [0.1, 0.15) is 26.7 Å². The third-order valence-electron chi connectivity index (χ3n) is 3.14. The van der Waals surface area contributed by atoms with E-state index in [9.17, 15) is 0 Å². The minimum Gasteiger partial charge on any atom is -0.372 e. The summed E-state index contributed by atoms with van der Waals surface area (Å²) >= 11 is 0. The molecule has 98 valence electrons. The fraction of sp³-hybridized carbons (Fsp3) is 0.500. The molecule has 4 nitrogen and oxygen atoms in total. The van der Waals surface area contributed by atoms with Crippen LogP contribution in [0.4, 0.5) is 11.4 Å². The summed E-state index contributed by atoms with van der Waals surface area (Å²) in [5.74, 6) is 0.521. The highest BCUT2D eigenvalue weighted by Gasteiger charge is 2.20. The van der Waals surface area contributed by atoms with Gasteiger partial charge in [0.25, 0.3) is 0 Å². The standard InChI is InChI=1S/C14H22N4/c1-3-18(4-2)13-9-7-12(8-10-13)17-14(15)16-11-5-6-11/h7-11H,3-6H2,1-2H3,(H3,15,16,17). The van der Waals surface area contributed by atoms with E-state index in [0.29, 0.717) is 12.0 Å². The van der Waals surface area contributed by atoms with E-state index in [2.05, 4.69) is 41.2 Å². The maximum absolute atomic E-state index is 5.83. The fourth-order valence-electron chi connectivity index (χ4n) is 1.92. The molecule has 0 aromatic heterocycles. The minimum absolute atomic E-state index is 0.451. The van der Waals surface area contributed by atoms with E-state index in [1.807, 2.05) is 12.1 Å². The van der Waals surface area contributed by atoms with Gasteiger partial charge in [-0.2, -0.15) is 0 Å². The van der Waals surface area contributed by atoms with Gasteiger partial charge in [0.15, 0.2) is 5.96 Å². The van der Waals surface area contributed by atoms with Crippen molar-refractivity contribution in [3.8, 4) is 0 Å². The molecule has 0 amide bonds. The first-order valence-corrected chi connectivity index (χ1v) is 6.68. The Bertz CT molecular complexity index is 402. The van der Waals surface area contributed by atoms with Crippen molar-refractivity contribution >= 4 is 17.3 Å². The third-order valence-corrected chi connectivity index (χ3v) is 3.14. The molecule has 1 aromatic rings.